The smallest absolute Gasteiger partial charge is 0.279 e. The van der Waals surface area contributed by atoms with Crippen LogP contribution in [0.3, 0.4) is 0 Å². The summed E-state index contributed by atoms with van der Waals surface area (Å²) >= 11 is 0. The summed E-state index contributed by atoms with van der Waals surface area (Å²) in [6.45, 7) is 4.19. The highest BCUT2D eigenvalue weighted by Gasteiger charge is 2.22. The summed E-state index contributed by atoms with van der Waals surface area (Å²) in [5.74, 6) is 0.727. The minimum absolute atomic E-state index is 0.249. The van der Waals surface area contributed by atoms with Crippen molar-refractivity contribution in [2.45, 2.75) is 33.1 Å². The number of amides is 1. The Morgan fingerprint density at radius 3 is 2.69 bits per heavy atom. The van der Waals surface area contributed by atoms with E-state index in [4.69, 9.17) is 9.72 Å². The molecule has 1 N–H and O–H groups in total. The Morgan fingerprint density at radius 1 is 1.09 bits per heavy atom. The highest BCUT2D eigenvalue weighted by Crippen LogP contribution is 2.34. The van der Waals surface area contributed by atoms with Crippen molar-refractivity contribution < 1.29 is 9.53 Å². The Labute approximate surface area is 204 Å². The summed E-state index contributed by atoms with van der Waals surface area (Å²) in [5, 5.41) is 5.20. The minimum Gasteiger partial charge on any atom is -0.494 e. The summed E-state index contributed by atoms with van der Waals surface area (Å²) in [5.41, 5.74) is 4.84. The number of carbonyl (C=O) groups excluding carboxylic acids is 1. The van der Waals surface area contributed by atoms with Crippen molar-refractivity contribution in [2.24, 2.45) is 0 Å². The van der Waals surface area contributed by atoms with Gasteiger partial charge in [0.2, 0.25) is 0 Å². The minimum atomic E-state index is -0.339. The molecule has 0 saturated heterocycles. The normalized spacial score (nSPS) is 11.2. The maximum Gasteiger partial charge on any atom is 0.279 e. The van der Waals surface area contributed by atoms with Gasteiger partial charge in [-0.05, 0) is 48.4 Å². The second-order valence-electron chi connectivity index (χ2n) is 8.67. The van der Waals surface area contributed by atoms with Gasteiger partial charge >= 0.3 is 0 Å². The Morgan fingerprint density at radius 2 is 1.89 bits per heavy atom. The number of nitrogens with zero attached hydrogens (tertiary/aromatic N) is 3. The van der Waals surface area contributed by atoms with Gasteiger partial charge in [-0.2, -0.15) is 0 Å². The molecule has 0 aliphatic heterocycles. The molecule has 1 amide bonds. The molecule has 6 nitrogen and oxygen atoms in total. The second-order valence-corrected chi connectivity index (χ2v) is 8.67. The van der Waals surface area contributed by atoms with E-state index in [-0.39, 0.29) is 11.6 Å². The van der Waals surface area contributed by atoms with E-state index in [1.807, 2.05) is 72.1 Å². The van der Waals surface area contributed by atoms with Gasteiger partial charge in [0.1, 0.15) is 22.9 Å². The largest absolute Gasteiger partial charge is 0.494 e. The number of aryl methyl sites for hydroxylation is 2. The molecule has 0 saturated carbocycles. The van der Waals surface area contributed by atoms with Crippen LogP contribution >= 0.6 is 0 Å². The molecule has 5 aromatic rings. The van der Waals surface area contributed by atoms with Crippen LogP contribution in [0.4, 0.5) is 5.82 Å². The van der Waals surface area contributed by atoms with Crippen LogP contribution in [0.5, 0.6) is 5.75 Å². The third-order valence-electron chi connectivity index (χ3n) is 6.31. The van der Waals surface area contributed by atoms with Crippen molar-refractivity contribution in [1.82, 2.24) is 14.4 Å². The number of anilines is 1. The molecule has 0 atom stereocenters. The molecule has 176 valence electrons. The number of aromatic nitrogens is 3. The fraction of sp³-hybridized carbons (Fsp3) is 0.207. The summed E-state index contributed by atoms with van der Waals surface area (Å²) in [6.07, 6.45) is 6.76. The monoisotopic (exact) mass is 464 g/mol. The number of imidazole rings is 1. The first-order valence-corrected chi connectivity index (χ1v) is 11.9. The highest BCUT2D eigenvalue weighted by molar-refractivity contribution is 6.07. The molecule has 3 heterocycles. The molecule has 3 aromatic heterocycles. The van der Waals surface area contributed by atoms with E-state index in [9.17, 15) is 4.79 Å². The average Bonchev–Trinajstić information content (AvgIpc) is 3.25. The molecule has 35 heavy (non-hydrogen) atoms. The Bertz CT molecular complexity index is 1540. The fourth-order valence-electron chi connectivity index (χ4n) is 4.41. The zero-order chi connectivity index (χ0) is 24.4. The van der Waals surface area contributed by atoms with Gasteiger partial charge in [-0.15, -0.1) is 0 Å². The van der Waals surface area contributed by atoms with Crippen molar-refractivity contribution in [1.29, 1.82) is 0 Å². The third-order valence-corrected chi connectivity index (χ3v) is 6.31. The number of ether oxygens (including phenoxy) is 1. The number of methoxy groups -OCH3 is 1. The molecule has 6 heteroatoms. The first-order valence-electron chi connectivity index (χ1n) is 11.9. The van der Waals surface area contributed by atoms with Gasteiger partial charge in [-0.3, -0.25) is 9.20 Å². The molecule has 0 aliphatic rings. The van der Waals surface area contributed by atoms with Gasteiger partial charge in [0.05, 0.1) is 7.11 Å². The summed E-state index contributed by atoms with van der Waals surface area (Å²) < 4.78 is 7.47. The number of benzene rings is 2. The lowest BCUT2D eigenvalue weighted by molar-refractivity contribution is 0.101. The Balaban J connectivity index is 1.63. The maximum absolute atomic E-state index is 13.5. The molecular weight excluding hydrogens is 436 g/mol. The number of hydrogen-bond donors (Lipinski definition) is 1. The van der Waals surface area contributed by atoms with E-state index in [2.05, 4.69) is 23.3 Å². The fourth-order valence-corrected chi connectivity index (χ4v) is 4.41. The van der Waals surface area contributed by atoms with Crippen molar-refractivity contribution in [3.63, 3.8) is 0 Å². The van der Waals surface area contributed by atoms with E-state index in [1.54, 1.807) is 13.3 Å². The predicted molar refractivity (Wildman–Crippen MR) is 140 cm³/mol. The first kappa shape index (κ1) is 22.6. The number of hydrogen-bond acceptors (Lipinski definition) is 4. The molecule has 2 aromatic carbocycles. The van der Waals surface area contributed by atoms with Gasteiger partial charge in [0.25, 0.3) is 5.91 Å². The molecule has 0 unspecified atom stereocenters. The van der Waals surface area contributed by atoms with E-state index in [1.165, 1.54) is 0 Å². The zero-order valence-corrected chi connectivity index (χ0v) is 20.2. The molecule has 0 radical (unpaired) electrons. The topological polar surface area (TPSA) is 68.5 Å². The van der Waals surface area contributed by atoms with Gasteiger partial charge in [-0.1, -0.05) is 61.9 Å². The SMILES string of the molecule is CCCCc1cnc(C(=O)Nc2c(-c3ccccc3C)nc3c4ccccc4ccn23)c(OC)c1. The lowest BCUT2D eigenvalue weighted by atomic mass is 10.1. The van der Waals surface area contributed by atoms with Crippen LogP contribution in [-0.4, -0.2) is 27.4 Å². The number of carbonyl (C=O) groups is 1. The summed E-state index contributed by atoms with van der Waals surface area (Å²) in [6, 6.07) is 20.1. The summed E-state index contributed by atoms with van der Waals surface area (Å²) in [7, 11) is 1.57. The third kappa shape index (κ3) is 4.23. The van der Waals surface area contributed by atoms with Crippen molar-refractivity contribution in [3.8, 4) is 17.0 Å². The zero-order valence-electron chi connectivity index (χ0n) is 20.2. The predicted octanol–water partition coefficient (Wildman–Crippen LogP) is 6.46. The quantitative estimate of drug-likeness (QED) is 0.300. The number of unbranched alkanes of at least 4 members (excludes halogenated alkanes) is 1. The van der Waals surface area contributed by atoms with Crippen LogP contribution in [0.2, 0.25) is 0 Å². The lowest BCUT2D eigenvalue weighted by Gasteiger charge is -2.12. The van der Waals surface area contributed by atoms with Crippen LogP contribution < -0.4 is 10.1 Å². The van der Waals surface area contributed by atoms with Crippen molar-refractivity contribution in [2.75, 3.05) is 12.4 Å². The number of fused-ring (bicyclic) bond motifs is 3. The number of rotatable bonds is 7. The Hall–Kier alpha value is -4.19. The molecule has 0 aliphatic carbocycles. The second kappa shape index (κ2) is 9.58. The molecule has 0 bridgehead atoms. The standard InChI is InChI=1S/C29H28N4O2/c1-4-5-11-20-17-24(35-3)26(30-18-20)29(34)32-28-25(22-13-8-6-10-19(22)2)31-27-23-14-9-7-12-21(23)15-16-33(27)28/h6-10,12-18H,4-5,11H2,1-3H3,(H,32,34). The molecular formula is C29H28N4O2. The van der Waals surface area contributed by atoms with E-state index < -0.39 is 0 Å². The van der Waals surface area contributed by atoms with Crippen molar-refractivity contribution in [3.05, 3.63) is 89.9 Å². The van der Waals surface area contributed by atoms with Crippen LogP contribution in [0, 0.1) is 6.92 Å². The molecule has 0 spiro atoms. The van der Waals surface area contributed by atoms with Crippen LogP contribution in [0.25, 0.3) is 27.7 Å². The van der Waals surface area contributed by atoms with Gasteiger partial charge in [0.15, 0.2) is 5.69 Å². The molecule has 5 rings (SSSR count). The first-order chi connectivity index (χ1) is 17.1. The van der Waals surface area contributed by atoms with Gasteiger partial charge < -0.3 is 10.1 Å². The lowest BCUT2D eigenvalue weighted by Crippen LogP contribution is -2.17. The van der Waals surface area contributed by atoms with E-state index in [0.29, 0.717) is 17.3 Å². The van der Waals surface area contributed by atoms with Crippen LogP contribution in [0.1, 0.15) is 41.4 Å². The van der Waals surface area contributed by atoms with E-state index >= 15 is 0 Å². The van der Waals surface area contributed by atoms with Gasteiger partial charge in [-0.25, -0.2) is 9.97 Å². The highest BCUT2D eigenvalue weighted by atomic mass is 16.5. The van der Waals surface area contributed by atoms with Gasteiger partial charge in [0, 0.05) is 23.3 Å². The number of pyridine rings is 2. The van der Waals surface area contributed by atoms with E-state index in [0.717, 1.165) is 52.4 Å². The van der Waals surface area contributed by atoms with Crippen LogP contribution in [-0.2, 0) is 6.42 Å². The van der Waals surface area contributed by atoms with Crippen LogP contribution in [0.15, 0.2) is 73.1 Å². The average molecular weight is 465 g/mol. The Kier molecular flexibility index (Phi) is 6.19. The molecule has 0 fully saturated rings. The van der Waals surface area contributed by atoms with Crippen molar-refractivity contribution >= 4 is 28.1 Å². The number of nitrogens with one attached hydrogen (secondary N) is 1. The summed E-state index contributed by atoms with van der Waals surface area (Å²) in [4.78, 5) is 23.0. The maximum atomic E-state index is 13.5.